The molecule has 0 spiro atoms. The van der Waals surface area contributed by atoms with E-state index in [0.29, 0.717) is 23.7 Å². The van der Waals surface area contributed by atoms with Crippen LogP contribution in [0.5, 0.6) is 11.5 Å². The molecular formula is C16H14N2O3. The Bertz CT molecular complexity index is 780. The average molecular weight is 282 g/mol. The number of hydrogen-bond donors (Lipinski definition) is 0. The summed E-state index contributed by atoms with van der Waals surface area (Å²) < 4.78 is 12.8. The molecule has 106 valence electrons. The topological polar surface area (TPSA) is 52.8 Å². The number of fused-ring (bicyclic) bond motifs is 1. The molecule has 2 aromatic heterocycles. The van der Waals surface area contributed by atoms with E-state index in [-0.39, 0.29) is 0 Å². The molecule has 5 nitrogen and oxygen atoms in total. The number of carbonyl (C=O) groups excluding carboxylic acids is 1. The van der Waals surface area contributed by atoms with E-state index in [0.717, 1.165) is 17.4 Å². The number of ether oxygens (including phenoxy) is 2. The number of carbonyl (C=O) groups is 1. The first-order valence-electron chi connectivity index (χ1n) is 6.47. The highest BCUT2D eigenvalue weighted by molar-refractivity contribution is 5.79. The second kappa shape index (κ2) is 5.66. The van der Waals surface area contributed by atoms with E-state index in [9.17, 15) is 4.79 Å². The number of nitrogens with zero attached hydrogens (tertiary/aromatic N) is 2. The molecule has 0 unspecified atom stereocenters. The summed E-state index contributed by atoms with van der Waals surface area (Å²) in [5, 5.41) is 0. The normalized spacial score (nSPS) is 10.5. The van der Waals surface area contributed by atoms with E-state index in [1.165, 1.54) is 0 Å². The molecule has 5 heteroatoms. The number of hydrogen-bond acceptors (Lipinski definition) is 4. The highest BCUT2D eigenvalue weighted by Crippen LogP contribution is 2.24. The molecule has 3 rings (SSSR count). The maximum Gasteiger partial charge on any atom is 0.153 e. The Kier molecular flexibility index (Phi) is 3.55. The van der Waals surface area contributed by atoms with E-state index >= 15 is 0 Å². The van der Waals surface area contributed by atoms with Crippen LogP contribution < -0.4 is 9.47 Å². The SMILES string of the molecule is COc1ccc(C=O)c(OCc2ccc3cncn3c2)c1. The van der Waals surface area contributed by atoms with Crippen molar-refractivity contribution in [1.29, 1.82) is 0 Å². The minimum atomic E-state index is 0.363. The van der Waals surface area contributed by atoms with Gasteiger partial charge in [0.2, 0.25) is 0 Å². The largest absolute Gasteiger partial charge is 0.497 e. The third-order valence-electron chi connectivity index (χ3n) is 3.21. The molecule has 1 aromatic carbocycles. The monoisotopic (exact) mass is 282 g/mol. The number of methoxy groups -OCH3 is 1. The maximum atomic E-state index is 11.0. The van der Waals surface area contributed by atoms with Gasteiger partial charge in [-0.25, -0.2) is 4.98 Å². The maximum absolute atomic E-state index is 11.0. The molecule has 21 heavy (non-hydrogen) atoms. The lowest BCUT2D eigenvalue weighted by Crippen LogP contribution is -2.00. The highest BCUT2D eigenvalue weighted by atomic mass is 16.5. The van der Waals surface area contributed by atoms with Crippen molar-refractivity contribution >= 4 is 11.8 Å². The predicted octanol–water partition coefficient (Wildman–Crippen LogP) is 2.73. The number of rotatable bonds is 5. The molecule has 0 fully saturated rings. The summed E-state index contributed by atoms with van der Waals surface area (Å²) in [5.74, 6) is 1.16. The summed E-state index contributed by atoms with van der Waals surface area (Å²) in [7, 11) is 1.58. The van der Waals surface area contributed by atoms with Gasteiger partial charge in [-0.05, 0) is 18.2 Å². The molecule has 0 aliphatic carbocycles. The van der Waals surface area contributed by atoms with Gasteiger partial charge in [0.1, 0.15) is 18.1 Å². The fourth-order valence-corrected chi connectivity index (χ4v) is 2.08. The molecule has 2 heterocycles. The number of imidazole rings is 1. The van der Waals surface area contributed by atoms with Crippen LogP contribution in [0.4, 0.5) is 0 Å². The molecule has 0 radical (unpaired) electrons. The zero-order valence-corrected chi connectivity index (χ0v) is 11.5. The Morgan fingerprint density at radius 2 is 2.19 bits per heavy atom. The molecular weight excluding hydrogens is 268 g/mol. The van der Waals surface area contributed by atoms with Crippen molar-refractivity contribution in [3.8, 4) is 11.5 Å². The van der Waals surface area contributed by atoms with E-state index in [4.69, 9.17) is 9.47 Å². The zero-order valence-electron chi connectivity index (χ0n) is 11.5. The van der Waals surface area contributed by atoms with Crippen LogP contribution in [-0.4, -0.2) is 22.8 Å². The van der Waals surface area contributed by atoms with Gasteiger partial charge in [-0.3, -0.25) is 4.79 Å². The van der Waals surface area contributed by atoms with Crippen LogP contribution in [0.3, 0.4) is 0 Å². The first-order valence-corrected chi connectivity index (χ1v) is 6.47. The molecule has 0 aliphatic rings. The van der Waals surface area contributed by atoms with Gasteiger partial charge in [-0.1, -0.05) is 6.07 Å². The second-order valence-electron chi connectivity index (χ2n) is 4.57. The lowest BCUT2D eigenvalue weighted by atomic mass is 10.2. The number of aldehydes is 1. The van der Waals surface area contributed by atoms with Crippen molar-refractivity contribution < 1.29 is 14.3 Å². The summed E-state index contributed by atoms with van der Waals surface area (Å²) in [5.41, 5.74) is 2.51. The van der Waals surface area contributed by atoms with Crippen LogP contribution in [0, 0.1) is 0 Å². The van der Waals surface area contributed by atoms with Crippen LogP contribution in [0.15, 0.2) is 49.1 Å². The summed E-state index contributed by atoms with van der Waals surface area (Å²) in [6.07, 6.45) is 6.25. The Morgan fingerprint density at radius 1 is 1.29 bits per heavy atom. The Morgan fingerprint density at radius 3 is 3.00 bits per heavy atom. The van der Waals surface area contributed by atoms with Gasteiger partial charge in [0.15, 0.2) is 6.29 Å². The first kappa shape index (κ1) is 13.2. The molecule has 0 aliphatic heterocycles. The molecule has 3 aromatic rings. The van der Waals surface area contributed by atoms with Crippen LogP contribution in [0.1, 0.15) is 15.9 Å². The molecule has 0 saturated heterocycles. The van der Waals surface area contributed by atoms with Gasteiger partial charge in [-0.15, -0.1) is 0 Å². The first-order chi connectivity index (χ1) is 10.3. The molecule has 0 bridgehead atoms. The minimum Gasteiger partial charge on any atom is -0.497 e. The van der Waals surface area contributed by atoms with E-state index in [2.05, 4.69) is 4.98 Å². The Labute approximate surface area is 121 Å². The Balaban J connectivity index is 1.81. The predicted molar refractivity (Wildman–Crippen MR) is 77.9 cm³/mol. The van der Waals surface area contributed by atoms with E-state index in [1.807, 2.05) is 22.7 Å². The molecule has 0 saturated carbocycles. The van der Waals surface area contributed by atoms with Gasteiger partial charge in [0, 0.05) is 17.8 Å². The van der Waals surface area contributed by atoms with Crippen molar-refractivity contribution in [3.05, 3.63) is 60.2 Å². The third kappa shape index (κ3) is 2.72. The summed E-state index contributed by atoms with van der Waals surface area (Å²) in [6, 6.07) is 9.06. The van der Waals surface area contributed by atoms with Crippen molar-refractivity contribution in [1.82, 2.24) is 9.38 Å². The zero-order chi connectivity index (χ0) is 14.7. The lowest BCUT2D eigenvalue weighted by Gasteiger charge is -2.10. The smallest absolute Gasteiger partial charge is 0.153 e. The van der Waals surface area contributed by atoms with Crippen LogP contribution in [0.25, 0.3) is 5.52 Å². The average Bonchev–Trinajstić information content (AvgIpc) is 3.00. The summed E-state index contributed by atoms with van der Waals surface area (Å²) >= 11 is 0. The van der Waals surface area contributed by atoms with Crippen molar-refractivity contribution in [2.24, 2.45) is 0 Å². The lowest BCUT2D eigenvalue weighted by molar-refractivity contribution is 0.111. The van der Waals surface area contributed by atoms with Crippen molar-refractivity contribution in [2.75, 3.05) is 7.11 Å². The van der Waals surface area contributed by atoms with Crippen LogP contribution in [-0.2, 0) is 6.61 Å². The quantitative estimate of drug-likeness (QED) is 0.675. The minimum absolute atomic E-state index is 0.363. The fraction of sp³-hybridized carbons (Fsp3) is 0.125. The molecule has 0 amide bonds. The van der Waals surface area contributed by atoms with Gasteiger partial charge < -0.3 is 13.9 Å². The van der Waals surface area contributed by atoms with Gasteiger partial charge >= 0.3 is 0 Å². The second-order valence-corrected chi connectivity index (χ2v) is 4.57. The van der Waals surface area contributed by atoms with E-state index < -0.39 is 0 Å². The standard InChI is InChI=1S/C16H14N2O3/c1-20-15-5-3-13(9-19)16(6-15)21-10-12-2-4-14-7-17-11-18(14)8-12/h2-9,11H,10H2,1H3. The fourth-order valence-electron chi connectivity index (χ4n) is 2.08. The molecule has 0 N–H and O–H groups in total. The summed E-state index contributed by atoms with van der Waals surface area (Å²) in [6.45, 7) is 0.363. The summed E-state index contributed by atoms with van der Waals surface area (Å²) in [4.78, 5) is 15.1. The third-order valence-corrected chi connectivity index (χ3v) is 3.21. The Hall–Kier alpha value is -2.82. The van der Waals surface area contributed by atoms with Crippen LogP contribution >= 0.6 is 0 Å². The number of pyridine rings is 1. The van der Waals surface area contributed by atoms with Gasteiger partial charge in [0.05, 0.1) is 30.7 Å². The highest BCUT2D eigenvalue weighted by Gasteiger charge is 2.06. The van der Waals surface area contributed by atoms with Crippen molar-refractivity contribution in [3.63, 3.8) is 0 Å². The number of benzene rings is 1. The number of aromatic nitrogens is 2. The van der Waals surface area contributed by atoms with Gasteiger partial charge in [-0.2, -0.15) is 0 Å². The van der Waals surface area contributed by atoms with Crippen LogP contribution in [0.2, 0.25) is 0 Å². The van der Waals surface area contributed by atoms with E-state index in [1.54, 1.807) is 37.8 Å². The van der Waals surface area contributed by atoms with Gasteiger partial charge in [0.25, 0.3) is 0 Å². The van der Waals surface area contributed by atoms with Crippen molar-refractivity contribution in [2.45, 2.75) is 6.61 Å². The molecule has 0 atom stereocenters.